The molecule has 0 radical (unpaired) electrons. The molecule has 0 aliphatic heterocycles. The van der Waals surface area contributed by atoms with E-state index in [2.05, 4.69) is 25.5 Å². The van der Waals surface area contributed by atoms with Crippen molar-refractivity contribution in [3.8, 4) is 22.1 Å². The molecule has 0 fully saturated rings. The van der Waals surface area contributed by atoms with Gasteiger partial charge >= 0.3 is 0 Å². The molecule has 174 valence electrons. The Labute approximate surface area is 204 Å². The quantitative estimate of drug-likeness (QED) is 0.370. The molecule has 3 aromatic heterocycles. The first-order valence-electron chi connectivity index (χ1n) is 10.1. The van der Waals surface area contributed by atoms with Gasteiger partial charge in [-0.15, -0.1) is 5.10 Å². The summed E-state index contributed by atoms with van der Waals surface area (Å²) in [5.74, 6) is 0.171. The van der Waals surface area contributed by atoms with Gasteiger partial charge in [-0.25, -0.2) is 0 Å². The third kappa shape index (κ3) is 5.48. The number of rotatable bonds is 8. The highest BCUT2D eigenvalue weighted by molar-refractivity contribution is 7.17. The Balaban J connectivity index is 1.50. The molecule has 0 bridgehead atoms. The largest absolute Gasteiger partial charge is 0.496 e. The van der Waals surface area contributed by atoms with E-state index in [1.54, 1.807) is 49.7 Å². The molecule has 0 saturated carbocycles. The summed E-state index contributed by atoms with van der Waals surface area (Å²) in [5.41, 5.74) is 3.75. The molecule has 34 heavy (non-hydrogen) atoms. The van der Waals surface area contributed by atoms with Crippen molar-refractivity contribution < 1.29 is 19.4 Å². The van der Waals surface area contributed by atoms with Crippen LogP contribution in [0.25, 0.3) is 11.1 Å². The molecule has 0 spiro atoms. The van der Waals surface area contributed by atoms with E-state index in [1.807, 2.05) is 6.92 Å². The molecular formula is C23H20ClN5O4S. The van der Waals surface area contributed by atoms with E-state index in [1.165, 1.54) is 6.20 Å². The van der Waals surface area contributed by atoms with Crippen LogP contribution >= 0.6 is 22.9 Å². The van der Waals surface area contributed by atoms with E-state index in [0.29, 0.717) is 38.7 Å². The summed E-state index contributed by atoms with van der Waals surface area (Å²) in [6, 6.07) is 10.5. The van der Waals surface area contributed by atoms with E-state index in [4.69, 9.17) is 26.2 Å². The van der Waals surface area contributed by atoms with E-state index in [-0.39, 0.29) is 23.5 Å². The number of ether oxygens (including phenoxy) is 2. The average Bonchev–Trinajstić information content (AvgIpc) is 3.30. The lowest BCUT2D eigenvalue weighted by atomic mass is 9.99. The van der Waals surface area contributed by atoms with Gasteiger partial charge in [0.1, 0.15) is 12.4 Å². The molecule has 1 aromatic carbocycles. The molecule has 0 atom stereocenters. The monoisotopic (exact) mass is 497 g/mol. The fourth-order valence-corrected chi connectivity index (χ4v) is 3.87. The van der Waals surface area contributed by atoms with Crippen LogP contribution in [-0.4, -0.2) is 38.3 Å². The number of hydrogen-bond acceptors (Lipinski definition) is 9. The first-order chi connectivity index (χ1) is 16.5. The molecule has 2 N–H and O–H groups in total. The zero-order valence-electron chi connectivity index (χ0n) is 18.3. The first kappa shape index (κ1) is 23.6. The fraction of sp³-hybridized carbons (Fsp3) is 0.174. The van der Waals surface area contributed by atoms with E-state index >= 15 is 0 Å². The van der Waals surface area contributed by atoms with Crippen LogP contribution in [0.4, 0.5) is 5.13 Å². The number of nitrogens with zero attached hydrogens (tertiary/aromatic N) is 4. The minimum absolute atomic E-state index is 0.0735. The Bertz CT molecular complexity index is 1310. The Kier molecular flexibility index (Phi) is 7.31. The maximum Gasteiger partial charge on any atom is 0.296 e. The number of methoxy groups -OCH3 is 1. The number of hydrogen-bond donors (Lipinski definition) is 2. The highest BCUT2D eigenvalue weighted by Crippen LogP contribution is 2.35. The van der Waals surface area contributed by atoms with Crippen LogP contribution in [0.1, 0.15) is 27.3 Å². The minimum atomic E-state index is -0.409. The number of aromatic nitrogens is 4. The zero-order chi connectivity index (χ0) is 24.1. The molecule has 1 amide bonds. The van der Waals surface area contributed by atoms with Crippen molar-refractivity contribution >= 4 is 34.0 Å². The molecule has 0 aliphatic rings. The summed E-state index contributed by atoms with van der Waals surface area (Å²) >= 11 is 7.29. The van der Waals surface area contributed by atoms with Crippen LogP contribution in [0.3, 0.4) is 0 Å². The van der Waals surface area contributed by atoms with Crippen LogP contribution in [0, 0.1) is 6.92 Å². The Morgan fingerprint density at radius 2 is 1.97 bits per heavy atom. The van der Waals surface area contributed by atoms with Crippen LogP contribution in [0.15, 0.2) is 48.8 Å². The van der Waals surface area contributed by atoms with Crippen LogP contribution in [0.2, 0.25) is 5.02 Å². The van der Waals surface area contributed by atoms with E-state index in [0.717, 1.165) is 17.0 Å². The lowest BCUT2D eigenvalue weighted by molar-refractivity contribution is 0.102. The fourth-order valence-electron chi connectivity index (χ4n) is 3.11. The Hall–Kier alpha value is -3.60. The molecule has 0 unspecified atom stereocenters. The number of halogens is 1. The second-order valence-electron chi connectivity index (χ2n) is 7.15. The van der Waals surface area contributed by atoms with Gasteiger partial charge in [0, 0.05) is 34.2 Å². The number of amides is 1. The summed E-state index contributed by atoms with van der Waals surface area (Å²) in [6.45, 7) is 1.94. The molecule has 4 rings (SSSR count). The van der Waals surface area contributed by atoms with Crippen molar-refractivity contribution in [3.05, 3.63) is 76.3 Å². The van der Waals surface area contributed by atoms with Crippen molar-refractivity contribution in [1.29, 1.82) is 0 Å². The number of nitrogens with one attached hydrogen (secondary N) is 1. The van der Waals surface area contributed by atoms with Gasteiger partial charge in [0.15, 0.2) is 0 Å². The molecular weight excluding hydrogens is 478 g/mol. The molecule has 3 heterocycles. The molecule has 0 aliphatic carbocycles. The number of carbonyl (C=O) groups is 1. The second-order valence-corrected chi connectivity index (χ2v) is 8.52. The minimum Gasteiger partial charge on any atom is -0.496 e. The Morgan fingerprint density at radius 3 is 2.71 bits per heavy atom. The number of carbonyl (C=O) groups excluding carboxylic acids is 1. The van der Waals surface area contributed by atoms with Crippen molar-refractivity contribution in [2.24, 2.45) is 0 Å². The SMILES string of the molecule is COc1ccc(Cl)cc1-c1cc(C)ncc1C(=O)Nc1nnc(OCc2ccc(CO)cn2)s1. The number of aliphatic hydroxyl groups is 1. The third-order valence-corrected chi connectivity index (χ3v) is 5.76. The highest BCUT2D eigenvalue weighted by Gasteiger charge is 2.19. The molecule has 4 aromatic rings. The number of aryl methyl sites for hydroxylation is 1. The van der Waals surface area contributed by atoms with Gasteiger partial charge in [-0.1, -0.05) is 22.8 Å². The lowest BCUT2D eigenvalue weighted by Gasteiger charge is -2.13. The maximum atomic E-state index is 13.1. The van der Waals surface area contributed by atoms with Crippen molar-refractivity contribution in [2.75, 3.05) is 12.4 Å². The number of pyridine rings is 2. The summed E-state index contributed by atoms with van der Waals surface area (Å²) in [5, 5.41) is 20.8. The second kappa shape index (κ2) is 10.6. The van der Waals surface area contributed by atoms with Crippen molar-refractivity contribution in [2.45, 2.75) is 20.1 Å². The predicted molar refractivity (Wildman–Crippen MR) is 128 cm³/mol. The van der Waals surface area contributed by atoms with Crippen molar-refractivity contribution in [3.63, 3.8) is 0 Å². The molecule has 9 nitrogen and oxygen atoms in total. The predicted octanol–water partition coefficient (Wildman–Crippen LogP) is 4.29. The number of aliphatic hydroxyl groups excluding tert-OH is 1. The maximum absolute atomic E-state index is 13.1. The van der Waals surface area contributed by atoms with Gasteiger partial charge in [-0.3, -0.25) is 20.1 Å². The summed E-state index contributed by atoms with van der Waals surface area (Å²) in [6.07, 6.45) is 3.08. The van der Waals surface area contributed by atoms with Gasteiger partial charge in [0.05, 0.1) is 25.0 Å². The van der Waals surface area contributed by atoms with Crippen LogP contribution < -0.4 is 14.8 Å². The summed E-state index contributed by atoms with van der Waals surface area (Å²) in [7, 11) is 1.56. The highest BCUT2D eigenvalue weighted by atomic mass is 35.5. The topological polar surface area (TPSA) is 119 Å². The van der Waals surface area contributed by atoms with Gasteiger partial charge in [0.25, 0.3) is 11.1 Å². The lowest BCUT2D eigenvalue weighted by Crippen LogP contribution is -2.14. The van der Waals surface area contributed by atoms with Gasteiger partial charge in [0.2, 0.25) is 5.13 Å². The molecule has 0 saturated heterocycles. The smallest absolute Gasteiger partial charge is 0.296 e. The standard InChI is InChI=1S/C23H20ClN5O4S/c1-13-7-17(18-8-15(24)4-6-20(18)32-2)19(10-25-13)21(31)27-22-28-29-23(34-22)33-12-16-5-3-14(11-30)9-26-16/h3-10,30H,11-12H2,1-2H3,(H,27,28,31). The van der Waals surface area contributed by atoms with Crippen LogP contribution in [0.5, 0.6) is 10.9 Å². The third-order valence-electron chi connectivity index (χ3n) is 4.78. The van der Waals surface area contributed by atoms with Gasteiger partial charge in [-0.2, -0.15) is 0 Å². The number of anilines is 1. The van der Waals surface area contributed by atoms with Crippen LogP contribution in [-0.2, 0) is 13.2 Å². The van der Waals surface area contributed by atoms with Gasteiger partial charge < -0.3 is 14.6 Å². The zero-order valence-corrected chi connectivity index (χ0v) is 19.9. The molecule has 11 heteroatoms. The van der Waals surface area contributed by atoms with E-state index < -0.39 is 5.91 Å². The number of benzene rings is 1. The Morgan fingerprint density at radius 1 is 1.12 bits per heavy atom. The summed E-state index contributed by atoms with van der Waals surface area (Å²) in [4.78, 5) is 21.6. The summed E-state index contributed by atoms with van der Waals surface area (Å²) < 4.78 is 11.1. The average molecular weight is 498 g/mol. The normalized spacial score (nSPS) is 10.7. The first-order valence-corrected chi connectivity index (χ1v) is 11.3. The van der Waals surface area contributed by atoms with Gasteiger partial charge in [-0.05, 0) is 54.2 Å². The van der Waals surface area contributed by atoms with E-state index in [9.17, 15) is 4.79 Å². The van der Waals surface area contributed by atoms with Crippen molar-refractivity contribution in [1.82, 2.24) is 20.2 Å².